The number of amides is 3. The molecule has 13 N–H and O–H groups in total. The standard InChI is InChI=1S/C20H40N8O6/c1-11(2)15(18(32)26-13(19(33)34)7-5-9-25-20(23)24)28-17(31)14(10-29)27-16(30)12(22)6-3-4-8-21/h11-15,29H,3-10,21-22H2,1-2H3,(H,26,32)(H,27,30)(H,28,31)(H,33,34)(H4,23,24,25). The predicted octanol–water partition coefficient (Wildman–Crippen LogP) is -3.32. The Labute approximate surface area is 199 Å². The van der Waals surface area contributed by atoms with Crippen LogP contribution >= 0.6 is 0 Å². The molecule has 14 nitrogen and oxygen atoms in total. The molecule has 0 saturated heterocycles. The van der Waals surface area contributed by atoms with Crippen LogP contribution in [-0.2, 0) is 19.2 Å². The van der Waals surface area contributed by atoms with Crippen molar-refractivity contribution in [2.75, 3.05) is 19.7 Å². The van der Waals surface area contributed by atoms with Gasteiger partial charge in [0.05, 0.1) is 12.6 Å². The summed E-state index contributed by atoms with van der Waals surface area (Å²) >= 11 is 0. The zero-order valence-corrected chi connectivity index (χ0v) is 19.8. The molecule has 0 spiro atoms. The third-order valence-corrected chi connectivity index (χ3v) is 4.93. The Morgan fingerprint density at radius 2 is 1.50 bits per heavy atom. The summed E-state index contributed by atoms with van der Waals surface area (Å²) in [5.74, 6) is -3.95. The van der Waals surface area contributed by atoms with Gasteiger partial charge in [0.15, 0.2) is 5.96 Å². The fourth-order valence-electron chi connectivity index (χ4n) is 2.92. The van der Waals surface area contributed by atoms with Crippen molar-refractivity contribution in [1.29, 1.82) is 0 Å². The Morgan fingerprint density at radius 3 is 2.00 bits per heavy atom. The topological polar surface area (TPSA) is 261 Å². The maximum Gasteiger partial charge on any atom is 0.326 e. The molecular weight excluding hydrogens is 448 g/mol. The van der Waals surface area contributed by atoms with E-state index in [2.05, 4.69) is 20.9 Å². The number of guanidine groups is 1. The Bertz CT molecular complexity index is 699. The van der Waals surface area contributed by atoms with Crippen molar-refractivity contribution in [1.82, 2.24) is 16.0 Å². The fourth-order valence-corrected chi connectivity index (χ4v) is 2.92. The first-order chi connectivity index (χ1) is 15.9. The van der Waals surface area contributed by atoms with Crippen molar-refractivity contribution in [3.8, 4) is 0 Å². The molecule has 0 aliphatic heterocycles. The van der Waals surface area contributed by atoms with Crippen LogP contribution in [0.15, 0.2) is 4.99 Å². The predicted molar refractivity (Wildman–Crippen MR) is 126 cm³/mol. The highest BCUT2D eigenvalue weighted by Gasteiger charge is 2.31. The Morgan fingerprint density at radius 1 is 0.882 bits per heavy atom. The summed E-state index contributed by atoms with van der Waals surface area (Å²) in [6, 6.07) is -4.55. The van der Waals surface area contributed by atoms with Crippen LogP contribution in [-0.4, -0.2) is 83.7 Å². The molecule has 0 aromatic rings. The largest absolute Gasteiger partial charge is 0.480 e. The number of rotatable bonds is 17. The molecule has 0 heterocycles. The normalized spacial score (nSPS) is 14.4. The number of aliphatic imine (C=N–C) groups is 1. The van der Waals surface area contributed by atoms with Crippen molar-refractivity contribution in [2.45, 2.75) is 70.1 Å². The summed E-state index contributed by atoms with van der Waals surface area (Å²) < 4.78 is 0. The smallest absolute Gasteiger partial charge is 0.326 e. The maximum atomic E-state index is 12.7. The first-order valence-electron chi connectivity index (χ1n) is 11.2. The SMILES string of the molecule is CC(C)C(NC(=O)C(CO)NC(=O)C(N)CCCCN)C(=O)NC(CCCN=C(N)N)C(=O)O. The van der Waals surface area contributed by atoms with Crippen LogP contribution < -0.4 is 38.9 Å². The van der Waals surface area contributed by atoms with E-state index in [4.69, 9.17) is 22.9 Å². The van der Waals surface area contributed by atoms with Gasteiger partial charge in [-0.15, -0.1) is 0 Å². The van der Waals surface area contributed by atoms with Gasteiger partial charge in [-0.3, -0.25) is 19.4 Å². The van der Waals surface area contributed by atoms with Gasteiger partial charge in [0, 0.05) is 6.54 Å². The lowest BCUT2D eigenvalue weighted by Crippen LogP contribution is -2.59. The van der Waals surface area contributed by atoms with Crippen molar-refractivity contribution in [3.05, 3.63) is 0 Å². The number of nitrogens with zero attached hydrogens (tertiary/aromatic N) is 1. The molecule has 4 unspecified atom stereocenters. The fraction of sp³-hybridized carbons (Fsp3) is 0.750. The second-order valence-corrected chi connectivity index (χ2v) is 8.21. The highest BCUT2D eigenvalue weighted by atomic mass is 16.4. The van der Waals surface area contributed by atoms with Gasteiger partial charge in [0.25, 0.3) is 0 Å². The second-order valence-electron chi connectivity index (χ2n) is 8.21. The molecule has 0 radical (unpaired) electrons. The summed E-state index contributed by atoms with van der Waals surface area (Å²) in [7, 11) is 0. The molecule has 0 fully saturated rings. The third-order valence-electron chi connectivity index (χ3n) is 4.93. The number of carbonyl (C=O) groups excluding carboxylic acids is 3. The molecule has 34 heavy (non-hydrogen) atoms. The minimum Gasteiger partial charge on any atom is -0.480 e. The van der Waals surface area contributed by atoms with Crippen LogP contribution in [0.3, 0.4) is 0 Å². The molecule has 0 bridgehead atoms. The van der Waals surface area contributed by atoms with E-state index in [0.717, 1.165) is 0 Å². The van der Waals surface area contributed by atoms with Crippen LogP contribution in [0.1, 0.15) is 46.0 Å². The number of hydrogen-bond acceptors (Lipinski definition) is 8. The number of aliphatic hydroxyl groups excluding tert-OH is 1. The average molecular weight is 489 g/mol. The summed E-state index contributed by atoms with van der Waals surface area (Å²) in [6.45, 7) is 3.24. The summed E-state index contributed by atoms with van der Waals surface area (Å²) in [4.78, 5) is 52.9. The first kappa shape index (κ1) is 31.0. The summed E-state index contributed by atoms with van der Waals surface area (Å²) in [6.07, 6.45) is 2.06. The minimum atomic E-state index is -1.34. The van der Waals surface area contributed by atoms with E-state index in [1.165, 1.54) is 0 Å². The van der Waals surface area contributed by atoms with E-state index >= 15 is 0 Å². The molecule has 0 aromatic carbocycles. The molecule has 196 valence electrons. The Hall–Kier alpha value is -2.97. The van der Waals surface area contributed by atoms with Gasteiger partial charge >= 0.3 is 5.97 Å². The van der Waals surface area contributed by atoms with E-state index < -0.39 is 60.4 Å². The number of carboxylic acid groups (broad SMARTS) is 1. The lowest BCUT2D eigenvalue weighted by Gasteiger charge is -2.26. The van der Waals surface area contributed by atoms with Crippen molar-refractivity contribution in [3.63, 3.8) is 0 Å². The Balaban J connectivity index is 5.07. The Kier molecular flexibility index (Phi) is 15.2. The van der Waals surface area contributed by atoms with Gasteiger partial charge < -0.3 is 49.1 Å². The number of hydrogen-bond donors (Lipinski definition) is 9. The van der Waals surface area contributed by atoms with Crippen LogP contribution in [0.5, 0.6) is 0 Å². The summed E-state index contributed by atoms with van der Waals surface area (Å²) in [5.41, 5.74) is 21.7. The first-order valence-corrected chi connectivity index (χ1v) is 11.2. The molecule has 14 heteroatoms. The van der Waals surface area contributed by atoms with Crippen molar-refractivity contribution >= 4 is 29.7 Å². The zero-order valence-electron chi connectivity index (χ0n) is 19.8. The second kappa shape index (κ2) is 16.6. The van der Waals surface area contributed by atoms with Gasteiger partial charge in [-0.05, 0) is 38.1 Å². The number of nitrogens with two attached hydrogens (primary N) is 4. The lowest BCUT2D eigenvalue weighted by molar-refractivity contribution is -0.142. The highest BCUT2D eigenvalue weighted by Crippen LogP contribution is 2.06. The van der Waals surface area contributed by atoms with Gasteiger partial charge in [0.2, 0.25) is 17.7 Å². The quantitative estimate of drug-likeness (QED) is 0.0558. The van der Waals surface area contributed by atoms with Gasteiger partial charge in [-0.2, -0.15) is 0 Å². The molecule has 0 saturated carbocycles. The zero-order chi connectivity index (χ0) is 26.3. The summed E-state index contributed by atoms with van der Waals surface area (Å²) in [5, 5.41) is 26.2. The molecule has 3 amide bonds. The van der Waals surface area contributed by atoms with Crippen molar-refractivity contribution in [2.24, 2.45) is 33.8 Å². The van der Waals surface area contributed by atoms with E-state index in [-0.39, 0.29) is 18.9 Å². The molecule has 0 aliphatic rings. The van der Waals surface area contributed by atoms with E-state index in [9.17, 15) is 29.4 Å². The average Bonchev–Trinajstić information content (AvgIpc) is 2.76. The molecular formula is C20H40N8O6. The monoisotopic (exact) mass is 488 g/mol. The van der Waals surface area contributed by atoms with Crippen LogP contribution in [0.2, 0.25) is 0 Å². The van der Waals surface area contributed by atoms with E-state index in [0.29, 0.717) is 32.2 Å². The highest BCUT2D eigenvalue weighted by molar-refractivity contribution is 5.94. The third kappa shape index (κ3) is 12.3. The van der Waals surface area contributed by atoms with Gasteiger partial charge in [-0.25, -0.2) is 4.79 Å². The number of aliphatic hydroxyl groups is 1. The molecule has 0 rings (SSSR count). The number of carboxylic acids is 1. The molecule has 0 aliphatic carbocycles. The van der Waals surface area contributed by atoms with E-state index in [1.807, 2.05) is 0 Å². The minimum absolute atomic E-state index is 0.0635. The van der Waals surface area contributed by atoms with E-state index in [1.54, 1.807) is 13.8 Å². The molecule has 4 atom stereocenters. The van der Waals surface area contributed by atoms with Gasteiger partial charge in [0.1, 0.15) is 18.1 Å². The van der Waals surface area contributed by atoms with Crippen LogP contribution in [0.25, 0.3) is 0 Å². The number of carbonyl (C=O) groups is 4. The van der Waals surface area contributed by atoms with Crippen LogP contribution in [0.4, 0.5) is 0 Å². The number of nitrogens with one attached hydrogen (secondary N) is 3. The lowest BCUT2D eigenvalue weighted by atomic mass is 10.0. The molecule has 0 aromatic heterocycles. The van der Waals surface area contributed by atoms with Gasteiger partial charge in [-0.1, -0.05) is 20.3 Å². The van der Waals surface area contributed by atoms with Crippen LogP contribution in [0, 0.1) is 5.92 Å². The number of aliphatic carboxylic acids is 1. The van der Waals surface area contributed by atoms with Crippen molar-refractivity contribution < 1.29 is 29.4 Å². The number of unbranched alkanes of at least 4 members (excludes halogenated alkanes) is 1. The maximum absolute atomic E-state index is 12.7.